The van der Waals surface area contributed by atoms with Gasteiger partial charge in [0, 0.05) is 25.4 Å². The molecule has 0 unspecified atom stereocenters. The zero-order chi connectivity index (χ0) is 25.2. The molecule has 2 amide bonds. The van der Waals surface area contributed by atoms with E-state index in [0.29, 0.717) is 29.3 Å². The highest BCUT2D eigenvalue weighted by Gasteiger charge is 2.30. The van der Waals surface area contributed by atoms with Gasteiger partial charge in [-0.15, -0.1) is 0 Å². The van der Waals surface area contributed by atoms with Crippen LogP contribution in [0.3, 0.4) is 0 Å². The van der Waals surface area contributed by atoms with Crippen molar-refractivity contribution in [3.05, 3.63) is 106 Å². The summed E-state index contributed by atoms with van der Waals surface area (Å²) in [5.41, 5.74) is 2.90. The maximum Gasteiger partial charge on any atom is 0.243 e. The van der Waals surface area contributed by atoms with E-state index in [1.54, 1.807) is 17.0 Å². The van der Waals surface area contributed by atoms with Crippen LogP contribution in [0.2, 0.25) is 10.0 Å². The fourth-order valence-electron chi connectivity index (χ4n) is 3.87. The lowest BCUT2D eigenvalue weighted by atomic mass is 10.0. The number of rotatable bonds is 11. The Morgan fingerprint density at radius 1 is 0.857 bits per heavy atom. The van der Waals surface area contributed by atoms with Crippen molar-refractivity contribution in [2.45, 2.75) is 58.2 Å². The van der Waals surface area contributed by atoms with E-state index in [-0.39, 0.29) is 24.4 Å². The monoisotopic (exact) mass is 510 g/mol. The van der Waals surface area contributed by atoms with Gasteiger partial charge in [-0.05, 0) is 48.6 Å². The van der Waals surface area contributed by atoms with Crippen LogP contribution < -0.4 is 5.32 Å². The molecule has 3 aromatic carbocycles. The highest BCUT2D eigenvalue weighted by molar-refractivity contribution is 6.42. The van der Waals surface area contributed by atoms with E-state index < -0.39 is 6.04 Å². The number of benzene rings is 3. The first-order chi connectivity index (χ1) is 16.9. The lowest BCUT2D eigenvalue weighted by Gasteiger charge is -2.32. The van der Waals surface area contributed by atoms with Gasteiger partial charge in [0.2, 0.25) is 11.8 Å². The van der Waals surface area contributed by atoms with Gasteiger partial charge < -0.3 is 10.2 Å². The SMILES string of the molecule is CC[C@@H](C)NC(=O)[C@H](Cc1ccccc1)N(Cc1ccc(Cl)c(Cl)c1)C(=O)CCc1ccccc1. The van der Waals surface area contributed by atoms with Crippen LogP contribution in [0.25, 0.3) is 0 Å². The standard InChI is InChI=1S/C29H32Cl2N2O2/c1-3-21(2)32-29(35)27(19-23-12-8-5-9-13-23)33(20-24-14-16-25(30)26(31)18-24)28(34)17-15-22-10-6-4-7-11-22/h4-14,16,18,21,27H,3,15,17,19-20H2,1-2H3,(H,32,35)/t21-,27+/m1/s1. The molecule has 0 aliphatic heterocycles. The molecule has 35 heavy (non-hydrogen) atoms. The molecule has 0 aromatic heterocycles. The van der Waals surface area contributed by atoms with Crippen molar-refractivity contribution in [3.8, 4) is 0 Å². The number of nitrogens with one attached hydrogen (secondary N) is 1. The maximum atomic E-state index is 13.7. The molecule has 0 aliphatic carbocycles. The zero-order valence-corrected chi connectivity index (χ0v) is 21.7. The van der Waals surface area contributed by atoms with Gasteiger partial charge in [-0.1, -0.05) is 96.9 Å². The summed E-state index contributed by atoms with van der Waals surface area (Å²) in [4.78, 5) is 28.8. The van der Waals surface area contributed by atoms with Crippen LogP contribution in [-0.4, -0.2) is 28.8 Å². The molecule has 0 spiro atoms. The third kappa shape index (κ3) is 8.12. The predicted molar refractivity (Wildman–Crippen MR) is 144 cm³/mol. The molecule has 184 valence electrons. The van der Waals surface area contributed by atoms with E-state index in [9.17, 15) is 9.59 Å². The van der Waals surface area contributed by atoms with E-state index in [1.165, 1.54) is 0 Å². The van der Waals surface area contributed by atoms with Crippen molar-refractivity contribution in [2.75, 3.05) is 0 Å². The lowest BCUT2D eigenvalue weighted by molar-refractivity contribution is -0.141. The van der Waals surface area contributed by atoms with Gasteiger partial charge in [0.1, 0.15) is 6.04 Å². The first-order valence-electron chi connectivity index (χ1n) is 12.0. The Morgan fingerprint density at radius 3 is 2.09 bits per heavy atom. The fraction of sp³-hybridized carbons (Fsp3) is 0.310. The number of amides is 2. The summed E-state index contributed by atoms with van der Waals surface area (Å²) in [5.74, 6) is -0.239. The van der Waals surface area contributed by atoms with Crippen molar-refractivity contribution < 1.29 is 9.59 Å². The molecule has 0 bridgehead atoms. The second-order valence-electron chi connectivity index (χ2n) is 8.78. The van der Waals surface area contributed by atoms with Crippen LogP contribution in [-0.2, 0) is 29.0 Å². The number of nitrogens with zero attached hydrogens (tertiary/aromatic N) is 1. The molecule has 3 rings (SSSR count). The molecular formula is C29H32Cl2N2O2. The van der Waals surface area contributed by atoms with E-state index >= 15 is 0 Å². The van der Waals surface area contributed by atoms with Crippen molar-refractivity contribution in [1.82, 2.24) is 10.2 Å². The van der Waals surface area contributed by atoms with Crippen LogP contribution in [0.15, 0.2) is 78.9 Å². The van der Waals surface area contributed by atoms with Crippen LogP contribution in [0.5, 0.6) is 0 Å². The number of halogens is 2. The largest absolute Gasteiger partial charge is 0.352 e. The Hall–Kier alpha value is -2.82. The van der Waals surface area contributed by atoms with Crippen LogP contribution in [0.1, 0.15) is 43.4 Å². The Labute approximate surface area is 218 Å². The Balaban J connectivity index is 1.93. The summed E-state index contributed by atoms with van der Waals surface area (Å²) in [5, 5.41) is 3.96. The molecule has 0 fully saturated rings. The van der Waals surface area contributed by atoms with Gasteiger partial charge in [0.15, 0.2) is 0 Å². The first-order valence-corrected chi connectivity index (χ1v) is 12.7. The van der Waals surface area contributed by atoms with Crippen LogP contribution in [0.4, 0.5) is 0 Å². The molecule has 1 N–H and O–H groups in total. The van der Waals surface area contributed by atoms with Crippen molar-refractivity contribution in [3.63, 3.8) is 0 Å². The van der Waals surface area contributed by atoms with Crippen molar-refractivity contribution in [1.29, 1.82) is 0 Å². The minimum Gasteiger partial charge on any atom is -0.352 e. The van der Waals surface area contributed by atoms with Gasteiger partial charge >= 0.3 is 0 Å². The molecule has 2 atom stereocenters. The summed E-state index contributed by atoms with van der Waals surface area (Å²) in [6, 6.07) is 24.4. The molecular weight excluding hydrogens is 479 g/mol. The maximum absolute atomic E-state index is 13.7. The Bertz CT molecular complexity index is 1110. The smallest absolute Gasteiger partial charge is 0.243 e. The summed E-state index contributed by atoms with van der Waals surface area (Å²) < 4.78 is 0. The quantitative estimate of drug-likeness (QED) is 0.320. The number of hydrogen-bond acceptors (Lipinski definition) is 2. The van der Waals surface area contributed by atoms with Gasteiger partial charge in [-0.3, -0.25) is 9.59 Å². The zero-order valence-electron chi connectivity index (χ0n) is 20.2. The first kappa shape index (κ1) is 26.8. The summed E-state index contributed by atoms with van der Waals surface area (Å²) in [6.07, 6.45) is 2.12. The van der Waals surface area contributed by atoms with Gasteiger partial charge in [0.25, 0.3) is 0 Å². The molecule has 0 aliphatic rings. The molecule has 3 aromatic rings. The van der Waals surface area contributed by atoms with Crippen LogP contribution in [0, 0.1) is 0 Å². The Kier molecular flexibility index (Phi) is 10.2. The summed E-state index contributed by atoms with van der Waals surface area (Å²) in [7, 11) is 0. The minimum absolute atomic E-state index is 0.00650. The third-order valence-corrected chi connectivity index (χ3v) is 6.82. The molecule has 4 nitrogen and oxygen atoms in total. The average Bonchev–Trinajstić information content (AvgIpc) is 2.87. The predicted octanol–water partition coefficient (Wildman–Crippen LogP) is 6.48. The van der Waals surface area contributed by atoms with E-state index in [4.69, 9.17) is 23.2 Å². The number of hydrogen-bond donors (Lipinski definition) is 1. The van der Waals surface area contributed by atoms with Gasteiger partial charge in [-0.25, -0.2) is 0 Å². The van der Waals surface area contributed by atoms with E-state index in [0.717, 1.165) is 23.1 Å². The summed E-state index contributed by atoms with van der Waals surface area (Å²) in [6.45, 7) is 4.25. The molecule has 0 radical (unpaired) electrons. The third-order valence-electron chi connectivity index (χ3n) is 6.08. The number of carbonyl (C=O) groups excluding carboxylic acids is 2. The highest BCUT2D eigenvalue weighted by atomic mass is 35.5. The molecule has 0 saturated heterocycles. The second kappa shape index (κ2) is 13.3. The lowest BCUT2D eigenvalue weighted by Crippen LogP contribution is -2.52. The average molecular weight is 511 g/mol. The molecule has 6 heteroatoms. The number of carbonyl (C=O) groups is 2. The van der Waals surface area contributed by atoms with E-state index in [1.807, 2.05) is 80.6 Å². The fourth-order valence-corrected chi connectivity index (χ4v) is 4.19. The summed E-state index contributed by atoms with van der Waals surface area (Å²) >= 11 is 12.4. The normalized spacial score (nSPS) is 12.6. The molecule has 0 saturated carbocycles. The van der Waals surface area contributed by atoms with Crippen molar-refractivity contribution in [2.24, 2.45) is 0 Å². The van der Waals surface area contributed by atoms with Gasteiger partial charge in [-0.2, -0.15) is 0 Å². The van der Waals surface area contributed by atoms with E-state index in [2.05, 4.69) is 5.32 Å². The highest BCUT2D eigenvalue weighted by Crippen LogP contribution is 2.25. The topological polar surface area (TPSA) is 49.4 Å². The number of aryl methyl sites for hydroxylation is 1. The second-order valence-corrected chi connectivity index (χ2v) is 9.59. The molecule has 0 heterocycles. The van der Waals surface area contributed by atoms with Gasteiger partial charge in [0.05, 0.1) is 10.0 Å². The minimum atomic E-state index is -0.663. The van der Waals surface area contributed by atoms with Crippen LogP contribution >= 0.6 is 23.2 Å². The Morgan fingerprint density at radius 2 is 1.49 bits per heavy atom. The van der Waals surface area contributed by atoms with Crippen molar-refractivity contribution >= 4 is 35.0 Å².